The van der Waals surface area contributed by atoms with Crippen LogP contribution in [0.3, 0.4) is 0 Å². The monoisotopic (exact) mass is 173 g/mol. The summed E-state index contributed by atoms with van der Waals surface area (Å²) >= 11 is 5.45. The molecule has 0 aromatic heterocycles. The van der Waals surface area contributed by atoms with E-state index in [9.17, 15) is 9.18 Å². The van der Waals surface area contributed by atoms with Gasteiger partial charge < -0.3 is 5.73 Å². The average molecular weight is 174 g/mol. The van der Waals surface area contributed by atoms with Crippen LogP contribution < -0.4 is 5.73 Å². The molecule has 4 heteroatoms. The van der Waals surface area contributed by atoms with Gasteiger partial charge in [0.25, 0.3) is 0 Å². The Morgan fingerprint density at radius 3 is 2.55 bits per heavy atom. The summed E-state index contributed by atoms with van der Waals surface area (Å²) in [6, 6.07) is 3.45. The topological polar surface area (TPSA) is 43.1 Å². The Morgan fingerprint density at radius 1 is 1.45 bits per heavy atom. The molecule has 0 heterocycles. The molecular formula is C7H5ClFNO. The van der Waals surface area contributed by atoms with Crippen molar-refractivity contribution < 1.29 is 9.18 Å². The van der Waals surface area contributed by atoms with E-state index in [0.29, 0.717) is 0 Å². The number of hydrogen-bond acceptors (Lipinski definition) is 1. The van der Waals surface area contributed by atoms with E-state index in [4.69, 9.17) is 17.3 Å². The van der Waals surface area contributed by atoms with Crippen molar-refractivity contribution in [2.75, 3.05) is 0 Å². The van der Waals surface area contributed by atoms with E-state index in [-0.39, 0.29) is 10.6 Å². The largest absolute Gasteiger partial charge is 0.366 e. The summed E-state index contributed by atoms with van der Waals surface area (Å²) in [6.07, 6.45) is 0. The molecule has 0 atom stereocenters. The fraction of sp³-hybridized carbons (Fsp3) is 0. The molecule has 0 saturated heterocycles. The van der Waals surface area contributed by atoms with Gasteiger partial charge in [0.05, 0.1) is 0 Å². The number of carbonyl (C=O) groups excluding carboxylic acids is 1. The zero-order valence-corrected chi connectivity index (χ0v) is 6.23. The fourth-order valence-corrected chi connectivity index (χ4v) is 0.918. The molecule has 0 saturated carbocycles. The first kappa shape index (κ1) is 8.01. The third-order valence-corrected chi connectivity index (χ3v) is 1.37. The highest BCUT2D eigenvalue weighted by Gasteiger charge is 2.03. The molecule has 11 heavy (non-hydrogen) atoms. The third kappa shape index (κ3) is 1.91. The van der Waals surface area contributed by atoms with E-state index < -0.39 is 11.7 Å². The summed E-state index contributed by atoms with van der Waals surface area (Å²) in [7, 11) is 0. The molecule has 1 aromatic rings. The van der Waals surface area contributed by atoms with E-state index in [1.807, 2.05) is 0 Å². The van der Waals surface area contributed by atoms with Gasteiger partial charge in [-0.2, -0.15) is 0 Å². The van der Waals surface area contributed by atoms with Gasteiger partial charge in [-0.1, -0.05) is 11.6 Å². The molecule has 0 radical (unpaired) electrons. The normalized spacial score (nSPS) is 9.64. The van der Waals surface area contributed by atoms with Crippen molar-refractivity contribution in [2.45, 2.75) is 0 Å². The zero-order valence-electron chi connectivity index (χ0n) is 5.47. The second-order valence-corrected chi connectivity index (χ2v) is 2.46. The summed E-state index contributed by atoms with van der Waals surface area (Å²) in [5, 5.41) is 0.166. The van der Waals surface area contributed by atoms with Crippen LogP contribution in [0.25, 0.3) is 0 Å². The van der Waals surface area contributed by atoms with Crippen molar-refractivity contribution in [3.63, 3.8) is 0 Å². The van der Waals surface area contributed by atoms with Gasteiger partial charge in [0, 0.05) is 10.6 Å². The lowest BCUT2D eigenvalue weighted by Crippen LogP contribution is -2.10. The summed E-state index contributed by atoms with van der Waals surface area (Å²) in [5.74, 6) is -1.25. The lowest BCUT2D eigenvalue weighted by molar-refractivity contribution is 0.1000. The van der Waals surface area contributed by atoms with Crippen molar-refractivity contribution in [1.82, 2.24) is 0 Å². The highest BCUT2D eigenvalue weighted by atomic mass is 35.5. The summed E-state index contributed by atoms with van der Waals surface area (Å²) in [6.45, 7) is 0. The summed E-state index contributed by atoms with van der Waals surface area (Å²) in [4.78, 5) is 10.5. The number of rotatable bonds is 1. The summed E-state index contributed by atoms with van der Waals surface area (Å²) in [5.41, 5.74) is 4.97. The van der Waals surface area contributed by atoms with Crippen LogP contribution in [-0.4, -0.2) is 5.91 Å². The van der Waals surface area contributed by atoms with Crippen molar-refractivity contribution in [3.8, 4) is 0 Å². The Bertz CT molecular complexity index is 280. The second kappa shape index (κ2) is 2.88. The van der Waals surface area contributed by atoms with Gasteiger partial charge in [-0.25, -0.2) is 4.39 Å². The van der Waals surface area contributed by atoms with Gasteiger partial charge in [0.2, 0.25) is 5.91 Å². The maximum Gasteiger partial charge on any atom is 0.248 e. The van der Waals surface area contributed by atoms with Gasteiger partial charge in [-0.05, 0) is 18.2 Å². The third-order valence-electron chi connectivity index (χ3n) is 1.15. The number of hydrogen-bond donors (Lipinski definition) is 1. The van der Waals surface area contributed by atoms with Crippen molar-refractivity contribution in [3.05, 3.63) is 34.6 Å². The van der Waals surface area contributed by atoms with Crippen molar-refractivity contribution in [2.24, 2.45) is 5.73 Å². The molecule has 0 aliphatic carbocycles. The highest BCUT2D eigenvalue weighted by Crippen LogP contribution is 2.13. The van der Waals surface area contributed by atoms with Crippen molar-refractivity contribution >= 4 is 17.5 Å². The van der Waals surface area contributed by atoms with Crippen LogP contribution in [0.4, 0.5) is 4.39 Å². The van der Waals surface area contributed by atoms with E-state index in [2.05, 4.69) is 0 Å². The highest BCUT2D eigenvalue weighted by molar-refractivity contribution is 6.30. The molecule has 1 aromatic carbocycles. The lowest BCUT2D eigenvalue weighted by atomic mass is 10.2. The number of halogens is 2. The Labute approximate surface area is 67.8 Å². The van der Waals surface area contributed by atoms with Gasteiger partial charge in [-0.3, -0.25) is 4.79 Å². The van der Waals surface area contributed by atoms with Crippen LogP contribution in [0.15, 0.2) is 18.2 Å². The molecule has 0 aliphatic heterocycles. The Morgan fingerprint density at radius 2 is 2.09 bits per heavy atom. The summed E-state index contributed by atoms with van der Waals surface area (Å²) < 4.78 is 12.5. The smallest absolute Gasteiger partial charge is 0.248 e. The molecule has 0 fully saturated rings. The molecule has 0 unspecified atom stereocenters. The van der Waals surface area contributed by atoms with E-state index >= 15 is 0 Å². The first-order valence-electron chi connectivity index (χ1n) is 2.85. The number of benzene rings is 1. The molecule has 1 rings (SSSR count). The van der Waals surface area contributed by atoms with Crippen LogP contribution in [0.5, 0.6) is 0 Å². The standard InChI is InChI=1S/C7H5ClFNO/c8-5-1-4(7(10)11)2-6(9)3-5/h1-3H,(H2,10,11). The average Bonchev–Trinajstić information content (AvgIpc) is 1.85. The quantitative estimate of drug-likeness (QED) is 0.689. The van der Waals surface area contributed by atoms with E-state index in [0.717, 1.165) is 12.1 Å². The molecule has 2 N–H and O–H groups in total. The van der Waals surface area contributed by atoms with Crippen LogP contribution in [0, 0.1) is 5.82 Å². The van der Waals surface area contributed by atoms with Crippen LogP contribution in [0.2, 0.25) is 5.02 Å². The molecule has 0 spiro atoms. The van der Waals surface area contributed by atoms with Gasteiger partial charge in [-0.15, -0.1) is 0 Å². The Kier molecular flexibility index (Phi) is 2.10. The lowest BCUT2D eigenvalue weighted by Gasteiger charge is -1.95. The minimum Gasteiger partial charge on any atom is -0.366 e. The van der Waals surface area contributed by atoms with Crippen LogP contribution >= 0.6 is 11.6 Å². The Balaban J connectivity index is 3.19. The van der Waals surface area contributed by atoms with Gasteiger partial charge in [0.1, 0.15) is 5.82 Å². The zero-order chi connectivity index (χ0) is 8.43. The predicted octanol–water partition coefficient (Wildman–Crippen LogP) is 1.58. The number of amides is 1. The molecule has 1 amide bonds. The number of carbonyl (C=O) groups is 1. The fourth-order valence-electron chi connectivity index (χ4n) is 0.696. The van der Waals surface area contributed by atoms with Crippen molar-refractivity contribution in [1.29, 1.82) is 0 Å². The van der Waals surface area contributed by atoms with Crippen LogP contribution in [0.1, 0.15) is 10.4 Å². The second-order valence-electron chi connectivity index (χ2n) is 2.02. The number of primary amides is 1. The number of nitrogens with two attached hydrogens (primary N) is 1. The molecular weight excluding hydrogens is 169 g/mol. The maximum atomic E-state index is 12.5. The molecule has 0 bridgehead atoms. The van der Waals surface area contributed by atoms with E-state index in [1.165, 1.54) is 6.07 Å². The minimum absolute atomic E-state index is 0.0787. The van der Waals surface area contributed by atoms with E-state index in [1.54, 1.807) is 0 Å². The van der Waals surface area contributed by atoms with Gasteiger partial charge in [0.15, 0.2) is 0 Å². The maximum absolute atomic E-state index is 12.5. The van der Waals surface area contributed by atoms with Gasteiger partial charge >= 0.3 is 0 Å². The SMILES string of the molecule is NC(=O)c1cc(F)cc(Cl)c1. The molecule has 0 aliphatic rings. The minimum atomic E-state index is -0.689. The van der Waals surface area contributed by atoms with Crippen LogP contribution in [-0.2, 0) is 0 Å². The molecule has 58 valence electrons. The predicted molar refractivity (Wildman–Crippen MR) is 39.9 cm³/mol. The Hall–Kier alpha value is -1.09. The first-order valence-corrected chi connectivity index (χ1v) is 3.23. The first-order chi connectivity index (χ1) is 5.09. The molecule has 2 nitrogen and oxygen atoms in total.